The summed E-state index contributed by atoms with van der Waals surface area (Å²) in [7, 11) is 1.45. The molecule has 11 heteroatoms. The summed E-state index contributed by atoms with van der Waals surface area (Å²) in [5, 5.41) is 15.8. The normalized spacial score (nSPS) is 11.0. The van der Waals surface area contributed by atoms with Crippen LogP contribution in [-0.2, 0) is 4.79 Å². The molecule has 0 aromatic heterocycles. The Balaban J connectivity index is 1.93. The second-order valence-electron chi connectivity index (χ2n) is 6.79. The molecule has 0 aliphatic rings. The van der Waals surface area contributed by atoms with E-state index in [1.165, 1.54) is 67.8 Å². The number of non-ortho nitro benzene ring substituents is 1. The van der Waals surface area contributed by atoms with Gasteiger partial charge in [0.2, 0.25) is 0 Å². The number of carbonyl (C=O) groups is 2. The molecule has 3 aromatic carbocycles. The highest BCUT2D eigenvalue weighted by Gasteiger charge is 2.18. The Hall–Kier alpha value is -3.95. The quantitative estimate of drug-likeness (QED) is 0.252. The molecular weight excluding hydrogens is 488 g/mol. The van der Waals surface area contributed by atoms with Gasteiger partial charge in [-0.1, -0.05) is 23.2 Å². The molecule has 0 heterocycles. The first-order valence-electron chi connectivity index (χ1n) is 9.55. The maximum absolute atomic E-state index is 13.4. The van der Waals surface area contributed by atoms with Crippen molar-refractivity contribution in [3.8, 4) is 5.75 Å². The molecule has 0 aliphatic carbocycles. The lowest BCUT2D eigenvalue weighted by Gasteiger charge is -2.13. The molecule has 0 spiro atoms. The van der Waals surface area contributed by atoms with E-state index in [4.69, 9.17) is 27.9 Å². The molecule has 0 bridgehead atoms. The van der Waals surface area contributed by atoms with Crippen LogP contribution in [0, 0.1) is 15.9 Å². The minimum absolute atomic E-state index is 0.0784. The maximum Gasteiger partial charge on any atom is 0.272 e. The number of amides is 2. The predicted molar refractivity (Wildman–Crippen MR) is 127 cm³/mol. The molecule has 0 radical (unpaired) electrons. The van der Waals surface area contributed by atoms with E-state index >= 15 is 0 Å². The number of methoxy groups -OCH3 is 1. The van der Waals surface area contributed by atoms with Crippen molar-refractivity contribution in [1.29, 1.82) is 0 Å². The first kappa shape index (κ1) is 24.7. The van der Waals surface area contributed by atoms with Gasteiger partial charge in [0.25, 0.3) is 17.5 Å². The van der Waals surface area contributed by atoms with Crippen LogP contribution in [0.3, 0.4) is 0 Å². The number of benzene rings is 3. The van der Waals surface area contributed by atoms with Gasteiger partial charge in [-0.15, -0.1) is 0 Å². The van der Waals surface area contributed by atoms with Crippen molar-refractivity contribution in [2.75, 3.05) is 12.4 Å². The maximum atomic E-state index is 13.4. The molecular formula is C23H16Cl2FN3O5. The Labute approximate surface area is 203 Å². The molecule has 2 amide bonds. The first-order chi connectivity index (χ1) is 16.2. The fourth-order valence-electron chi connectivity index (χ4n) is 2.79. The molecule has 3 rings (SSSR count). The van der Waals surface area contributed by atoms with Crippen molar-refractivity contribution < 1.29 is 23.6 Å². The third-order valence-corrected chi connectivity index (χ3v) is 5.11. The van der Waals surface area contributed by atoms with Gasteiger partial charge in [0, 0.05) is 17.8 Å². The van der Waals surface area contributed by atoms with Gasteiger partial charge in [-0.25, -0.2) is 4.39 Å². The summed E-state index contributed by atoms with van der Waals surface area (Å²) in [4.78, 5) is 36.1. The Kier molecular flexibility index (Phi) is 7.83. The lowest BCUT2D eigenvalue weighted by atomic mass is 10.1. The zero-order valence-electron chi connectivity index (χ0n) is 17.5. The van der Waals surface area contributed by atoms with E-state index in [1.54, 1.807) is 0 Å². The number of hydrogen-bond acceptors (Lipinski definition) is 5. The monoisotopic (exact) mass is 503 g/mol. The molecule has 0 saturated heterocycles. The molecule has 2 N–H and O–H groups in total. The summed E-state index contributed by atoms with van der Waals surface area (Å²) >= 11 is 11.9. The zero-order valence-corrected chi connectivity index (χ0v) is 19.0. The van der Waals surface area contributed by atoms with Gasteiger partial charge >= 0.3 is 0 Å². The molecule has 0 atom stereocenters. The molecule has 0 fully saturated rings. The summed E-state index contributed by atoms with van der Waals surface area (Å²) in [5.74, 6) is -1.66. The van der Waals surface area contributed by atoms with Crippen LogP contribution in [0.4, 0.5) is 15.8 Å². The smallest absolute Gasteiger partial charge is 0.272 e. The first-order valence-corrected chi connectivity index (χ1v) is 10.3. The average molecular weight is 504 g/mol. The number of carbonyl (C=O) groups excluding carboxylic acids is 2. The second-order valence-corrected chi connectivity index (χ2v) is 7.60. The van der Waals surface area contributed by atoms with E-state index in [-0.39, 0.29) is 32.7 Å². The van der Waals surface area contributed by atoms with Crippen LogP contribution in [-0.4, -0.2) is 23.8 Å². The lowest BCUT2D eigenvalue weighted by molar-refractivity contribution is -0.384. The van der Waals surface area contributed by atoms with Crippen LogP contribution < -0.4 is 15.4 Å². The second kappa shape index (κ2) is 10.8. The Morgan fingerprint density at radius 3 is 2.32 bits per heavy atom. The highest BCUT2D eigenvalue weighted by Crippen LogP contribution is 2.23. The molecule has 34 heavy (non-hydrogen) atoms. The number of rotatable bonds is 7. The molecule has 174 valence electrons. The summed E-state index contributed by atoms with van der Waals surface area (Å²) in [5.41, 5.74) is 0.316. The van der Waals surface area contributed by atoms with E-state index < -0.39 is 22.6 Å². The molecule has 3 aromatic rings. The van der Waals surface area contributed by atoms with E-state index in [2.05, 4.69) is 10.6 Å². The van der Waals surface area contributed by atoms with Crippen molar-refractivity contribution in [2.24, 2.45) is 0 Å². The number of nitro groups is 1. The third kappa shape index (κ3) is 6.09. The van der Waals surface area contributed by atoms with Crippen LogP contribution in [0.2, 0.25) is 10.0 Å². The number of ether oxygens (including phenoxy) is 1. The van der Waals surface area contributed by atoms with E-state index in [0.717, 1.165) is 6.07 Å². The van der Waals surface area contributed by atoms with E-state index in [1.807, 2.05) is 0 Å². The number of nitro benzene ring substituents is 1. The molecule has 8 nitrogen and oxygen atoms in total. The van der Waals surface area contributed by atoms with Crippen molar-refractivity contribution >= 4 is 52.5 Å². The summed E-state index contributed by atoms with van der Waals surface area (Å²) in [6, 6.07) is 13.3. The number of nitrogens with zero attached hydrogens (tertiary/aromatic N) is 1. The van der Waals surface area contributed by atoms with E-state index in [9.17, 15) is 24.1 Å². The minimum Gasteiger partial charge on any atom is -0.497 e. The molecule has 0 aliphatic heterocycles. The Bertz CT molecular complexity index is 1300. The standard InChI is InChI=1S/C23H16Cl2FN3O5/c1-34-16-7-8-17(18(24)12-16)22(30)28-21(10-13-2-5-15(6-3-13)29(32)33)23(31)27-14-4-9-20(26)19(25)11-14/h2-12H,1H3,(H,27,31)(H,28,30). The van der Waals surface area contributed by atoms with Gasteiger partial charge in [0.1, 0.15) is 17.3 Å². The van der Waals surface area contributed by atoms with Gasteiger partial charge in [-0.05, 0) is 60.2 Å². The van der Waals surface area contributed by atoms with Crippen LogP contribution in [0.1, 0.15) is 15.9 Å². The minimum atomic E-state index is -0.751. The molecule has 0 unspecified atom stereocenters. The van der Waals surface area contributed by atoms with Gasteiger partial charge in [0.05, 0.1) is 27.6 Å². The van der Waals surface area contributed by atoms with Crippen molar-refractivity contribution in [3.63, 3.8) is 0 Å². The highest BCUT2D eigenvalue weighted by molar-refractivity contribution is 6.34. The predicted octanol–water partition coefficient (Wildman–Crippen LogP) is 5.46. The van der Waals surface area contributed by atoms with Gasteiger partial charge in [-0.2, -0.15) is 0 Å². The Morgan fingerprint density at radius 2 is 1.74 bits per heavy atom. The number of anilines is 1. The van der Waals surface area contributed by atoms with Crippen molar-refractivity contribution in [3.05, 3.63) is 103 Å². The van der Waals surface area contributed by atoms with Crippen LogP contribution in [0.15, 0.2) is 66.4 Å². The van der Waals surface area contributed by atoms with E-state index in [0.29, 0.717) is 11.3 Å². The largest absolute Gasteiger partial charge is 0.497 e. The zero-order chi connectivity index (χ0) is 24.8. The van der Waals surface area contributed by atoms with Crippen LogP contribution in [0.5, 0.6) is 5.75 Å². The number of halogens is 3. The number of hydrogen-bond donors (Lipinski definition) is 2. The fraction of sp³-hybridized carbons (Fsp3) is 0.0435. The SMILES string of the molecule is COc1ccc(C(=O)NC(=Cc2ccc([N+](=O)[O-])cc2)C(=O)Nc2ccc(F)c(Cl)c2)c(Cl)c1. The fourth-order valence-corrected chi connectivity index (χ4v) is 3.22. The topological polar surface area (TPSA) is 111 Å². The van der Waals surface area contributed by atoms with Crippen LogP contribution in [0.25, 0.3) is 6.08 Å². The summed E-state index contributed by atoms with van der Waals surface area (Å²) < 4.78 is 18.5. The lowest BCUT2D eigenvalue weighted by Crippen LogP contribution is -2.31. The summed E-state index contributed by atoms with van der Waals surface area (Å²) in [6.45, 7) is 0. The van der Waals surface area contributed by atoms with Gasteiger partial charge < -0.3 is 15.4 Å². The van der Waals surface area contributed by atoms with Gasteiger partial charge in [-0.3, -0.25) is 19.7 Å². The summed E-state index contributed by atoms with van der Waals surface area (Å²) in [6.07, 6.45) is 1.32. The Morgan fingerprint density at radius 1 is 1.03 bits per heavy atom. The highest BCUT2D eigenvalue weighted by atomic mass is 35.5. The van der Waals surface area contributed by atoms with Crippen molar-refractivity contribution in [1.82, 2.24) is 5.32 Å². The third-order valence-electron chi connectivity index (χ3n) is 4.51. The van der Waals surface area contributed by atoms with Gasteiger partial charge in [0.15, 0.2) is 0 Å². The molecule has 0 saturated carbocycles. The number of nitrogens with one attached hydrogen (secondary N) is 2. The van der Waals surface area contributed by atoms with Crippen molar-refractivity contribution in [2.45, 2.75) is 0 Å². The van der Waals surface area contributed by atoms with Crippen LogP contribution >= 0.6 is 23.2 Å². The average Bonchev–Trinajstić information content (AvgIpc) is 2.81.